The second-order valence-electron chi connectivity index (χ2n) is 5.78. The van der Waals surface area contributed by atoms with Crippen LogP contribution in [0.15, 0.2) is 52.5 Å². The van der Waals surface area contributed by atoms with Crippen molar-refractivity contribution in [2.45, 2.75) is 11.8 Å². The van der Waals surface area contributed by atoms with Gasteiger partial charge in [0.2, 0.25) is 10.0 Å². The largest absolute Gasteiger partial charge is 0.508 e. The molecule has 0 aliphatic heterocycles. The number of sulfonamides is 1. The zero-order valence-corrected chi connectivity index (χ0v) is 16.0. The number of likely N-dealkylation sites (N-methyl/N-ethyl adjacent to an activating group) is 1. The van der Waals surface area contributed by atoms with Gasteiger partial charge in [0.1, 0.15) is 11.5 Å². The molecule has 0 saturated carbocycles. The van der Waals surface area contributed by atoms with Crippen molar-refractivity contribution in [1.82, 2.24) is 9.73 Å². The predicted octanol–water partition coefficient (Wildman–Crippen LogP) is 1.48. The van der Waals surface area contributed by atoms with E-state index in [9.17, 15) is 18.3 Å². The van der Waals surface area contributed by atoms with Crippen LogP contribution in [0.2, 0.25) is 0 Å². The van der Waals surface area contributed by atoms with Crippen molar-refractivity contribution in [3.05, 3.63) is 53.6 Å². The van der Waals surface area contributed by atoms with Crippen LogP contribution in [-0.2, 0) is 14.8 Å². The van der Waals surface area contributed by atoms with Gasteiger partial charge < -0.3 is 9.84 Å². The number of methoxy groups -OCH3 is 1. The first kappa shape index (κ1) is 20.4. The van der Waals surface area contributed by atoms with Crippen LogP contribution in [-0.4, -0.2) is 50.7 Å². The first-order valence-corrected chi connectivity index (χ1v) is 9.40. The molecule has 0 aliphatic rings. The number of ether oxygens (including phenoxy) is 1. The molecule has 0 atom stereocenters. The fourth-order valence-corrected chi connectivity index (χ4v) is 3.51. The molecule has 144 valence electrons. The quantitative estimate of drug-likeness (QED) is 0.549. The Hall–Kier alpha value is -2.91. The van der Waals surface area contributed by atoms with Crippen molar-refractivity contribution in [1.29, 1.82) is 0 Å². The van der Waals surface area contributed by atoms with Gasteiger partial charge in [0.05, 0.1) is 24.8 Å². The summed E-state index contributed by atoms with van der Waals surface area (Å²) in [4.78, 5) is 12.0. The normalized spacial score (nSPS) is 11.7. The SMILES string of the molecule is COc1ccc(S(=O)(=O)N(C)CC(=O)N/N=C\c2cccc(O)c2)cc1C. The van der Waals surface area contributed by atoms with Gasteiger partial charge in [-0.05, 0) is 48.4 Å². The number of nitrogens with zero attached hydrogens (tertiary/aromatic N) is 2. The molecule has 2 N–H and O–H groups in total. The monoisotopic (exact) mass is 391 g/mol. The fraction of sp³-hybridized carbons (Fsp3) is 0.222. The third-order valence-electron chi connectivity index (χ3n) is 3.71. The van der Waals surface area contributed by atoms with E-state index in [1.54, 1.807) is 25.1 Å². The minimum absolute atomic E-state index is 0.0689. The van der Waals surface area contributed by atoms with E-state index in [2.05, 4.69) is 10.5 Å². The third kappa shape index (κ3) is 5.28. The Morgan fingerprint density at radius 2 is 2.04 bits per heavy atom. The molecule has 0 unspecified atom stereocenters. The number of phenolic OH excluding ortho intramolecular Hbond substituents is 1. The van der Waals surface area contributed by atoms with Gasteiger partial charge in [0.15, 0.2) is 0 Å². The second-order valence-corrected chi connectivity index (χ2v) is 7.83. The number of carbonyl (C=O) groups is 1. The zero-order chi connectivity index (χ0) is 20.0. The van der Waals surface area contributed by atoms with E-state index in [1.807, 2.05) is 0 Å². The lowest BCUT2D eigenvalue weighted by molar-refractivity contribution is -0.121. The Bertz CT molecular complexity index is 957. The van der Waals surface area contributed by atoms with E-state index in [-0.39, 0.29) is 10.6 Å². The molecule has 0 heterocycles. The maximum absolute atomic E-state index is 12.6. The van der Waals surface area contributed by atoms with E-state index in [4.69, 9.17) is 4.74 Å². The number of hydrogen-bond donors (Lipinski definition) is 2. The maximum atomic E-state index is 12.6. The zero-order valence-electron chi connectivity index (χ0n) is 15.2. The topological polar surface area (TPSA) is 108 Å². The number of hydrogen-bond acceptors (Lipinski definition) is 6. The summed E-state index contributed by atoms with van der Waals surface area (Å²) < 4.78 is 31.2. The number of benzene rings is 2. The fourth-order valence-electron chi connectivity index (χ4n) is 2.30. The van der Waals surface area contributed by atoms with Crippen LogP contribution in [0.5, 0.6) is 11.5 Å². The van der Waals surface area contributed by atoms with E-state index in [1.165, 1.54) is 44.6 Å². The number of rotatable bonds is 7. The summed E-state index contributed by atoms with van der Waals surface area (Å²) in [5, 5.41) is 13.1. The van der Waals surface area contributed by atoms with Crippen LogP contribution >= 0.6 is 0 Å². The van der Waals surface area contributed by atoms with Crippen LogP contribution in [0, 0.1) is 6.92 Å². The summed E-state index contributed by atoms with van der Waals surface area (Å²) in [7, 11) is -1.02. The van der Waals surface area contributed by atoms with E-state index >= 15 is 0 Å². The lowest BCUT2D eigenvalue weighted by Gasteiger charge is -2.17. The highest BCUT2D eigenvalue weighted by atomic mass is 32.2. The van der Waals surface area contributed by atoms with Gasteiger partial charge in [0, 0.05) is 7.05 Å². The smallest absolute Gasteiger partial charge is 0.255 e. The Kier molecular flexibility index (Phi) is 6.54. The number of nitrogens with one attached hydrogen (secondary N) is 1. The summed E-state index contributed by atoms with van der Waals surface area (Å²) in [6, 6.07) is 10.8. The van der Waals surface area contributed by atoms with Crippen molar-refractivity contribution < 1.29 is 23.1 Å². The molecular weight excluding hydrogens is 370 g/mol. The second kappa shape index (κ2) is 8.65. The lowest BCUT2D eigenvalue weighted by atomic mass is 10.2. The molecule has 0 aromatic heterocycles. The van der Waals surface area contributed by atoms with Crippen LogP contribution in [0.3, 0.4) is 0 Å². The van der Waals surface area contributed by atoms with Crippen LogP contribution < -0.4 is 10.2 Å². The van der Waals surface area contributed by atoms with Gasteiger partial charge in [-0.25, -0.2) is 13.8 Å². The highest BCUT2D eigenvalue weighted by molar-refractivity contribution is 7.89. The molecule has 0 aliphatic carbocycles. The molecule has 9 heteroatoms. The van der Waals surface area contributed by atoms with Crippen molar-refractivity contribution in [2.24, 2.45) is 5.10 Å². The molecule has 2 rings (SSSR count). The lowest BCUT2D eigenvalue weighted by Crippen LogP contribution is -2.36. The van der Waals surface area contributed by atoms with Gasteiger partial charge in [-0.3, -0.25) is 4.79 Å². The van der Waals surface area contributed by atoms with E-state index in [0.29, 0.717) is 16.9 Å². The molecule has 0 saturated heterocycles. The van der Waals surface area contributed by atoms with Crippen molar-refractivity contribution in [2.75, 3.05) is 20.7 Å². The Morgan fingerprint density at radius 1 is 1.30 bits per heavy atom. The average molecular weight is 391 g/mol. The molecule has 0 fully saturated rings. The van der Waals surface area contributed by atoms with E-state index < -0.39 is 22.5 Å². The molecule has 0 bridgehead atoms. The molecular formula is C18H21N3O5S. The molecule has 1 amide bonds. The molecule has 2 aromatic rings. The number of aromatic hydroxyl groups is 1. The first-order chi connectivity index (χ1) is 12.7. The minimum Gasteiger partial charge on any atom is -0.508 e. The summed E-state index contributed by atoms with van der Waals surface area (Å²) in [6.07, 6.45) is 1.35. The van der Waals surface area contributed by atoms with Gasteiger partial charge in [-0.15, -0.1) is 0 Å². The summed E-state index contributed by atoms with van der Waals surface area (Å²) in [5.41, 5.74) is 3.52. The molecule has 0 radical (unpaired) electrons. The standard InChI is InChI=1S/C18H21N3O5S/c1-13-9-16(7-8-17(13)26-3)27(24,25)21(2)12-18(23)20-19-11-14-5-4-6-15(22)10-14/h4-11,22H,12H2,1-3H3,(H,20,23)/b19-11-. The Labute approximate surface area is 158 Å². The van der Waals surface area contributed by atoms with Gasteiger partial charge in [-0.2, -0.15) is 9.41 Å². The molecule has 0 spiro atoms. The van der Waals surface area contributed by atoms with Crippen LogP contribution in [0.1, 0.15) is 11.1 Å². The van der Waals surface area contributed by atoms with Crippen molar-refractivity contribution >= 4 is 22.1 Å². The van der Waals surface area contributed by atoms with Gasteiger partial charge >= 0.3 is 0 Å². The number of amides is 1. The van der Waals surface area contributed by atoms with Crippen LogP contribution in [0.25, 0.3) is 0 Å². The van der Waals surface area contributed by atoms with Gasteiger partial charge in [0.25, 0.3) is 5.91 Å². The summed E-state index contributed by atoms with van der Waals surface area (Å²) in [5.74, 6) is 0.0595. The number of hydrazone groups is 1. The maximum Gasteiger partial charge on any atom is 0.255 e. The average Bonchev–Trinajstić information content (AvgIpc) is 2.61. The van der Waals surface area contributed by atoms with E-state index in [0.717, 1.165) is 4.31 Å². The van der Waals surface area contributed by atoms with Gasteiger partial charge in [-0.1, -0.05) is 12.1 Å². The minimum atomic E-state index is -3.83. The van der Waals surface area contributed by atoms with Crippen molar-refractivity contribution in [3.8, 4) is 11.5 Å². The highest BCUT2D eigenvalue weighted by Gasteiger charge is 2.23. The highest BCUT2D eigenvalue weighted by Crippen LogP contribution is 2.23. The summed E-state index contributed by atoms with van der Waals surface area (Å²) in [6.45, 7) is 1.34. The first-order valence-electron chi connectivity index (χ1n) is 7.96. The summed E-state index contributed by atoms with van der Waals surface area (Å²) >= 11 is 0. The molecule has 27 heavy (non-hydrogen) atoms. The molecule has 2 aromatic carbocycles. The number of carbonyl (C=O) groups excluding carboxylic acids is 1. The van der Waals surface area contributed by atoms with Crippen molar-refractivity contribution in [3.63, 3.8) is 0 Å². The predicted molar refractivity (Wildman–Crippen MR) is 101 cm³/mol. The van der Waals surface area contributed by atoms with Crippen LogP contribution in [0.4, 0.5) is 0 Å². The number of phenols is 1. The third-order valence-corrected chi connectivity index (χ3v) is 5.51. The Morgan fingerprint density at radius 3 is 2.67 bits per heavy atom. The number of aryl methyl sites for hydroxylation is 1. The Balaban J connectivity index is 2.01. The molecule has 8 nitrogen and oxygen atoms in total.